The number of ether oxygens (including phenoxy) is 2. The molecule has 5 nitrogen and oxygen atoms in total. The zero-order chi connectivity index (χ0) is 20.8. The Morgan fingerprint density at radius 1 is 1.07 bits per heavy atom. The predicted molar refractivity (Wildman–Crippen MR) is 112 cm³/mol. The summed E-state index contributed by atoms with van der Waals surface area (Å²) in [7, 11) is 0. The van der Waals surface area contributed by atoms with Gasteiger partial charge >= 0.3 is 5.97 Å². The van der Waals surface area contributed by atoms with Crippen LogP contribution in [0.3, 0.4) is 0 Å². The molecule has 5 heteroatoms. The molecule has 1 N–H and O–H groups in total. The molecule has 29 heavy (non-hydrogen) atoms. The van der Waals surface area contributed by atoms with Gasteiger partial charge in [-0.2, -0.15) is 0 Å². The Morgan fingerprint density at radius 3 is 2.52 bits per heavy atom. The summed E-state index contributed by atoms with van der Waals surface area (Å²) in [6.07, 6.45) is 2.08. The fourth-order valence-electron chi connectivity index (χ4n) is 3.43. The topological polar surface area (TPSA) is 64.6 Å². The van der Waals surface area contributed by atoms with E-state index in [-0.39, 0.29) is 11.9 Å². The molecule has 1 aliphatic carbocycles. The summed E-state index contributed by atoms with van der Waals surface area (Å²) in [5, 5.41) is 3.03. The summed E-state index contributed by atoms with van der Waals surface area (Å²) in [5.74, 6) is 0.330. The fourth-order valence-corrected chi connectivity index (χ4v) is 3.43. The molecule has 0 aliphatic heterocycles. The van der Waals surface area contributed by atoms with E-state index in [1.165, 1.54) is 5.56 Å². The van der Waals surface area contributed by atoms with Gasteiger partial charge in [-0.1, -0.05) is 38.1 Å². The number of fused-ring (bicyclic) bond motifs is 1. The van der Waals surface area contributed by atoms with Crippen LogP contribution in [0.4, 0.5) is 0 Å². The lowest BCUT2D eigenvalue weighted by Gasteiger charge is -2.27. The Balaban J connectivity index is 1.55. The van der Waals surface area contributed by atoms with Crippen LogP contribution in [0.15, 0.2) is 48.5 Å². The van der Waals surface area contributed by atoms with Gasteiger partial charge in [-0.05, 0) is 67.5 Å². The number of aryl methyl sites for hydroxylation is 1. The van der Waals surface area contributed by atoms with Crippen LogP contribution in [0.25, 0.3) is 0 Å². The molecule has 1 aliphatic rings. The van der Waals surface area contributed by atoms with Gasteiger partial charge in [0, 0.05) is 0 Å². The van der Waals surface area contributed by atoms with Crippen molar-refractivity contribution in [1.29, 1.82) is 0 Å². The van der Waals surface area contributed by atoms with E-state index in [9.17, 15) is 9.59 Å². The number of hydrogen-bond donors (Lipinski definition) is 1. The Hall–Kier alpha value is -2.82. The molecule has 0 unspecified atom stereocenters. The van der Waals surface area contributed by atoms with E-state index in [0.29, 0.717) is 23.8 Å². The monoisotopic (exact) mass is 395 g/mol. The van der Waals surface area contributed by atoms with Gasteiger partial charge in [-0.15, -0.1) is 0 Å². The van der Waals surface area contributed by atoms with Crippen LogP contribution >= 0.6 is 0 Å². The maximum atomic E-state index is 12.6. The van der Waals surface area contributed by atoms with Crippen LogP contribution in [0.5, 0.6) is 5.75 Å². The number of amides is 1. The standard InChI is InChI=1S/C24H29NO4/c1-16(2)15-28-20-13-11-19(12-14-20)24(27)29-17(3)23(26)25-22-10-6-8-18-7-4-5-9-21(18)22/h4-5,7,9,11-14,16-17,22H,6,8,10,15H2,1-3H3,(H,25,26)/t17-,22+/m1/s1. The predicted octanol–water partition coefficient (Wildman–Crippen LogP) is 4.46. The molecule has 0 saturated carbocycles. The molecule has 0 aromatic heterocycles. The first-order chi connectivity index (χ1) is 13.9. The van der Waals surface area contributed by atoms with Crippen LogP contribution in [0.2, 0.25) is 0 Å². The molecule has 3 rings (SSSR count). The second-order valence-electron chi connectivity index (χ2n) is 7.93. The third-order valence-corrected chi connectivity index (χ3v) is 5.01. The van der Waals surface area contributed by atoms with Gasteiger partial charge in [0.25, 0.3) is 5.91 Å². The summed E-state index contributed by atoms with van der Waals surface area (Å²) < 4.78 is 11.0. The molecule has 154 valence electrons. The summed E-state index contributed by atoms with van der Waals surface area (Å²) >= 11 is 0. The SMILES string of the molecule is CC(C)COc1ccc(C(=O)O[C@H](C)C(=O)N[C@H]2CCCc3ccccc32)cc1. The number of hydrogen-bond acceptors (Lipinski definition) is 4. The molecule has 0 spiro atoms. The maximum Gasteiger partial charge on any atom is 0.338 e. The van der Waals surface area contributed by atoms with Gasteiger partial charge in [-0.25, -0.2) is 4.79 Å². The van der Waals surface area contributed by atoms with E-state index >= 15 is 0 Å². The van der Waals surface area contributed by atoms with Gasteiger partial charge in [0.1, 0.15) is 5.75 Å². The molecule has 2 aromatic carbocycles. The van der Waals surface area contributed by atoms with Crippen LogP contribution in [0, 0.1) is 5.92 Å². The molecule has 0 radical (unpaired) electrons. The third kappa shape index (κ3) is 5.59. The Kier molecular flexibility index (Phi) is 6.91. The lowest BCUT2D eigenvalue weighted by molar-refractivity contribution is -0.130. The number of rotatable bonds is 7. The zero-order valence-corrected chi connectivity index (χ0v) is 17.3. The van der Waals surface area contributed by atoms with E-state index in [2.05, 4.69) is 31.3 Å². The van der Waals surface area contributed by atoms with Crippen molar-refractivity contribution >= 4 is 11.9 Å². The number of nitrogens with one attached hydrogen (secondary N) is 1. The molecule has 2 aromatic rings. The second kappa shape index (κ2) is 9.59. The van der Waals surface area contributed by atoms with E-state index in [0.717, 1.165) is 24.8 Å². The van der Waals surface area contributed by atoms with E-state index < -0.39 is 12.1 Å². The van der Waals surface area contributed by atoms with Crippen molar-refractivity contribution in [2.75, 3.05) is 6.61 Å². The summed E-state index contributed by atoms with van der Waals surface area (Å²) in [4.78, 5) is 25.0. The minimum absolute atomic E-state index is 0.0361. The molecule has 0 saturated heterocycles. The maximum absolute atomic E-state index is 12.6. The van der Waals surface area contributed by atoms with Crippen LogP contribution in [-0.4, -0.2) is 24.6 Å². The molecule has 0 heterocycles. The number of carbonyl (C=O) groups excluding carboxylic acids is 2. The van der Waals surface area contributed by atoms with Gasteiger partial charge in [0.2, 0.25) is 0 Å². The Labute approximate surface area is 172 Å². The summed E-state index contributed by atoms with van der Waals surface area (Å²) in [6, 6.07) is 14.9. The van der Waals surface area contributed by atoms with E-state index in [1.54, 1.807) is 31.2 Å². The fraction of sp³-hybridized carbons (Fsp3) is 0.417. The van der Waals surface area contributed by atoms with Gasteiger partial charge < -0.3 is 14.8 Å². The number of carbonyl (C=O) groups is 2. The van der Waals surface area contributed by atoms with Crippen molar-refractivity contribution in [2.24, 2.45) is 5.92 Å². The highest BCUT2D eigenvalue weighted by atomic mass is 16.5. The average Bonchev–Trinajstić information content (AvgIpc) is 2.72. The first-order valence-corrected chi connectivity index (χ1v) is 10.3. The molecule has 2 atom stereocenters. The number of benzene rings is 2. The second-order valence-corrected chi connectivity index (χ2v) is 7.93. The summed E-state index contributed by atoms with van der Waals surface area (Å²) in [6.45, 7) is 6.36. The Bertz CT molecular complexity index is 844. The van der Waals surface area contributed by atoms with Crippen LogP contribution in [-0.2, 0) is 16.0 Å². The highest BCUT2D eigenvalue weighted by Crippen LogP contribution is 2.29. The highest BCUT2D eigenvalue weighted by Gasteiger charge is 2.25. The first-order valence-electron chi connectivity index (χ1n) is 10.3. The number of esters is 1. The van der Waals surface area contributed by atoms with Crippen LogP contribution in [0.1, 0.15) is 61.1 Å². The smallest absolute Gasteiger partial charge is 0.338 e. The Morgan fingerprint density at radius 2 is 1.79 bits per heavy atom. The molecular formula is C24H29NO4. The normalized spacial score (nSPS) is 16.6. The third-order valence-electron chi connectivity index (χ3n) is 5.01. The molecule has 1 amide bonds. The van der Waals surface area contributed by atoms with Gasteiger partial charge in [0.05, 0.1) is 18.2 Å². The van der Waals surface area contributed by atoms with Crippen molar-refractivity contribution in [2.45, 2.75) is 52.2 Å². The highest BCUT2D eigenvalue weighted by molar-refractivity contribution is 5.92. The molecule has 0 bridgehead atoms. The molecule has 0 fully saturated rings. The lowest BCUT2D eigenvalue weighted by Crippen LogP contribution is -2.39. The van der Waals surface area contributed by atoms with E-state index in [4.69, 9.17) is 9.47 Å². The van der Waals surface area contributed by atoms with E-state index in [1.807, 2.05) is 12.1 Å². The summed E-state index contributed by atoms with van der Waals surface area (Å²) in [5.41, 5.74) is 2.82. The minimum atomic E-state index is -0.867. The lowest BCUT2D eigenvalue weighted by atomic mass is 9.87. The van der Waals surface area contributed by atoms with Crippen molar-refractivity contribution in [3.63, 3.8) is 0 Å². The van der Waals surface area contributed by atoms with Crippen LogP contribution < -0.4 is 10.1 Å². The van der Waals surface area contributed by atoms with Gasteiger partial charge in [0.15, 0.2) is 6.10 Å². The van der Waals surface area contributed by atoms with Gasteiger partial charge in [-0.3, -0.25) is 4.79 Å². The molecular weight excluding hydrogens is 366 g/mol. The largest absolute Gasteiger partial charge is 0.493 e. The average molecular weight is 395 g/mol. The quantitative estimate of drug-likeness (QED) is 0.703. The zero-order valence-electron chi connectivity index (χ0n) is 17.3. The van der Waals surface area contributed by atoms with Crippen molar-refractivity contribution in [3.05, 3.63) is 65.2 Å². The van der Waals surface area contributed by atoms with Crippen molar-refractivity contribution in [3.8, 4) is 5.75 Å². The minimum Gasteiger partial charge on any atom is -0.493 e. The van der Waals surface area contributed by atoms with Crippen molar-refractivity contribution in [1.82, 2.24) is 5.32 Å². The first kappa shape index (κ1) is 20.9. The van der Waals surface area contributed by atoms with Crippen molar-refractivity contribution < 1.29 is 19.1 Å².